The van der Waals surface area contributed by atoms with Gasteiger partial charge in [-0.05, 0) is 61.7 Å². The first kappa shape index (κ1) is 23.1. The number of amides is 1. The quantitative estimate of drug-likeness (QED) is 0.639. The molecule has 31 heavy (non-hydrogen) atoms. The fraction of sp³-hybridized carbons (Fsp3) is 0.435. The first-order chi connectivity index (χ1) is 14.9. The second-order valence-electron chi connectivity index (χ2n) is 7.77. The molecule has 0 aromatic heterocycles. The smallest absolute Gasteiger partial charge is 0.251 e. The fourth-order valence-electron chi connectivity index (χ4n) is 3.44. The third-order valence-electron chi connectivity index (χ3n) is 5.21. The van der Waals surface area contributed by atoms with E-state index in [-0.39, 0.29) is 17.7 Å². The molecule has 168 valence electrons. The molecule has 2 aromatic rings. The molecular formula is C23H30N2O5S. The van der Waals surface area contributed by atoms with Crippen LogP contribution in [0.3, 0.4) is 0 Å². The first-order valence-electron chi connectivity index (χ1n) is 10.5. The minimum absolute atomic E-state index is 0.0407. The van der Waals surface area contributed by atoms with Gasteiger partial charge in [-0.3, -0.25) is 4.79 Å². The van der Waals surface area contributed by atoms with E-state index in [0.29, 0.717) is 36.6 Å². The zero-order chi connectivity index (χ0) is 22.3. The number of benzene rings is 2. The van der Waals surface area contributed by atoms with Gasteiger partial charge in [0.05, 0.1) is 18.9 Å². The number of nitrogens with one attached hydrogen (secondary N) is 1. The van der Waals surface area contributed by atoms with Crippen LogP contribution in [0.2, 0.25) is 0 Å². The van der Waals surface area contributed by atoms with Crippen LogP contribution in [0.15, 0.2) is 48.5 Å². The Bertz CT molecular complexity index is 952. The summed E-state index contributed by atoms with van der Waals surface area (Å²) in [4.78, 5) is 12.5. The monoisotopic (exact) mass is 446 g/mol. The standard InChI is InChI=1S/C23H30N2O5S/c1-18(16-30-22-12-10-21(29-2)11-13-22)24-23(26)20-8-6-19(7-9-20)17-31(27,28)25-14-4-3-5-15-25/h6-13,18H,3-5,14-17H2,1-2H3,(H,24,26)/t18-/m1/s1. The second-order valence-corrected chi connectivity index (χ2v) is 9.74. The molecule has 0 saturated carbocycles. The summed E-state index contributed by atoms with van der Waals surface area (Å²) < 4.78 is 37.5. The Morgan fingerprint density at radius 3 is 2.23 bits per heavy atom. The van der Waals surface area contributed by atoms with E-state index in [9.17, 15) is 13.2 Å². The van der Waals surface area contributed by atoms with E-state index in [1.165, 1.54) is 0 Å². The number of rotatable bonds is 9. The molecule has 1 atom stereocenters. The van der Waals surface area contributed by atoms with Crippen molar-refractivity contribution < 1.29 is 22.7 Å². The third kappa shape index (κ3) is 6.70. The van der Waals surface area contributed by atoms with Gasteiger partial charge < -0.3 is 14.8 Å². The predicted octanol–water partition coefficient (Wildman–Crippen LogP) is 3.21. The summed E-state index contributed by atoms with van der Waals surface area (Å²) in [7, 11) is -1.71. The van der Waals surface area contributed by atoms with Crippen molar-refractivity contribution in [2.45, 2.75) is 38.0 Å². The molecule has 0 spiro atoms. The summed E-state index contributed by atoms with van der Waals surface area (Å²) in [6, 6.07) is 13.8. The first-order valence-corrected chi connectivity index (χ1v) is 12.1. The van der Waals surface area contributed by atoms with Crippen molar-refractivity contribution in [3.63, 3.8) is 0 Å². The number of carbonyl (C=O) groups excluding carboxylic acids is 1. The van der Waals surface area contributed by atoms with Crippen LogP contribution in [-0.2, 0) is 15.8 Å². The summed E-state index contributed by atoms with van der Waals surface area (Å²) in [5, 5.41) is 2.89. The zero-order valence-electron chi connectivity index (χ0n) is 18.0. The SMILES string of the molecule is COc1ccc(OC[C@@H](C)NC(=O)c2ccc(CS(=O)(=O)N3CCCCC3)cc2)cc1. The zero-order valence-corrected chi connectivity index (χ0v) is 18.9. The maximum absolute atomic E-state index is 12.6. The van der Waals surface area contributed by atoms with E-state index in [1.54, 1.807) is 35.7 Å². The van der Waals surface area contributed by atoms with Crippen molar-refractivity contribution in [1.82, 2.24) is 9.62 Å². The summed E-state index contributed by atoms with van der Waals surface area (Å²) >= 11 is 0. The van der Waals surface area contributed by atoms with Gasteiger partial charge in [-0.2, -0.15) is 0 Å². The topological polar surface area (TPSA) is 84.9 Å². The van der Waals surface area contributed by atoms with Crippen molar-refractivity contribution in [3.8, 4) is 11.5 Å². The molecule has 1 aliphatic rings. The highest BCUT2D eigenvalue weighted by atomic mass is 32.2. The highest BCUT2D eigenvalue weighted by Crippen LogP contribution is 2.18. The van der Waals surface area contributed by atoms with Crippen LogP contribution >= 0.6 is 0 Å². The average molecular weight is 447 g/mol. The van der Waals surface area contributed by atoms with Crippen LogP contribution < -0.4 is 14.8 Å². The van der Waals surface area contributed by atoms with Gasteiger partial charge in [0.25, 0.3) is 5.91 Å². The van der Waals surface area contributed by atoms with E-state index in [1.807, 2.05) is 31.2 Å². The number of sulfonamides is 1. The average Bonchev–Trinajstić information content (AvgIpc) is 2.79. The van der Waals surface area contributed by atoms with Gasteiger partial charge in [-0.15, -0.1) is 0 Å². The summed E-state index contributed by atoms with van der Waals surface area (Å²) in [5.74, 6) is 1.18. The Kier molecular flexibility index (Phi) is 7.92. The molecule has 1 N–H and O–H groups in total. The van der Waals surface area contributed by atoms with E-state index in [2.05, 4.69) is 5.32 Å². The lowest BCUT2D eigenvalue weighted by Gasteiger charge is -2.25. The van der Waals surface area contributed by atoms with Crippen molar-refractivity contribution in [3.05, 3.63) is 59.7 Å². The largest absolute Gasteiger partial charge is 0.497 e. The van der Waals surface area contributed by atoms with Crippen LogP contribution in [0.4, 0.5) is 0 Å². The maximum atomic E-state index is 12.6. The normalized spacial score (nSPS) is 15.8. The lowest BCUT2D eigenvalue weighted by Crippen LogP contribution is -2.37. The molecule has 0 bridgehead atoms. The minimum atomic E-state index is -3.32. The molecule has 1 aliphatic heterocycles. The predicted molar refractivity (Wildman–Crippen MR) is 120 cm³/mol. The number of nitrogens with zero attached hydrogens (tertiary/aromatic N) is 1. The van der Waals surface area contributed by atoms with Gasteiger partial charge in [-0.1, -0.05) is 18.6 Å². The Morgan fingerprint density at radius 1 is 1.00 bits per heavy atom. The van der Waals surface area contributed by atoms with Crippen molar-refractivity contribution in [2.24, 2.45) is 0 Å². The summed E-state index contributed by atoms with van der Waals surface area (Å²) in [6.45, 7) is 3.38. The van der Waals surface area contributed by atoms with E-state index in [0.717, 1.165) is 25.0 Å². The molecule has 8 heteroatoms. The third-order valence-corrected chi connectivity index (χ3v) is 7.06. The molecule has 0 radical (unpaired) electrons. The van der Waals surface area contributed by atoms with E-state index < -0.39 is 10.0 Å². The van der Waals surface area contributed by atoms with Gasteiger partial charge in [0, 0.05) is 18.7 Å². The molecule has 0 aliphatic carbocycles. The molecule has 7 nitrogen and oxygen atoms in total. The second kappa shape index (κ2) is 10.6. The Morgan fingerprint density at radius 2 is 1.61 bits per heavy atom. The number of hydrogen-bond donors (Lipinski definition) is 1. The Labute approximate surface area is 184 Å². The van der Waals surface area contributed by atoms with Crippen LogP contribution in [0.5, 0.6) is 11.5 Å². The minimum Gasteiger partial charge on any atom is -0.497 e. The van der Waals surface area contributed by atoms with E-state index in [4.69, 9.17) is 9.47 Å². The molecule has 1 amide bonds. The van der Waals surface area contributed by atoms with Crippen LogP contribution in [0, 0.1) is 0 Å². The number of piperidine rings is 1. The summed E-state index contributed by atoms with van der Waals surface area (Å²) in [6.07, 6.45) is 2.91. The molecule has 0 unspecified atom stereocenters. The van der Waals surface area contributed by atoms with Crippen LogP contribution in [-0.4, -0.2) is 51.5 Å². The molecule has 3 rings (SSSR count). The molecule has 1 fully saturated rings. The van der Waals surface area contributed by atoms with E-state index >= 15 is 0 Å². The van der Waals surface area contributed by atoms with Gasteiger partial charge >= 0.3 is 0 Å². The number of methoxy groups -OCH3 is 1. The van der Waals surface area contributed by atoms with Gasteiger partial charge in [-0.25, -0.2) is 12.7 Å². The van der Waals surface area contributed by atoms with Crippen molar-refractivity contribution in [2.75, 3.05) is 26.8 Å². The summed E-state index contributed by atoms with van der Waals surface area (Å²) in [5.41, 5.74) is 1.16. The van der Waals surface area contributed by atoms with Gasteiger partial charge in [0.1, 0.15) is 18.1 Å². The Hall–Kier alpha value is -2.58. The molecule has 1 saturated heterocycles. The number of hydrogen-bond acceptors (Lipinski definition) is 5. The fourth-order valence-corrected chi connectivity index (χ4v) is 5.05. The van der Waals surface area contributed by atoms with Crippen molar-refractivity contribution in [1.29, 1.82) is 0 Å². The lowest BCUT2D eigenvalue weighted by molar-refractivity contribution is 0.0926. The number of ether oxygens (including phenoxy) is 2. The van der Waals surface area contributed by atoms with Crippen molar-refractivity contribution >= 4 is 15.9 Å². The highest BCUT2D eigenvalue weighted by molar-refractivity contribution is 7.88. The van der Waals surface area contributed by atoms with Gasteiger partial charge in [0.2, 0.25) is 10.0 Å². The molecular weight excluding hydrogens is 416 g/mol. The van der Waals surface area contributed by atoms with Gasteiger partial charge in [0.15, 0.2) is 0 Å². The molecule has 2 aromatic carbocycles. The lowest BCUT2D eigenvalue weighted by atomic mass is 10.1. The highest BCUT2D eigenvalue weighted by Gasteiger charge is 2.24. The number of carbonyl (C=O) groups is 1. The molecule has 1 heterocycles. The maximum Gasteiger partial charge on any atom is 0.251 e. The van der Waals surface area contributed by atoms with Crippen LogP contribution in [0.1, 0.15) is 42.1 Å². The van der Waals surface area contributed by atoms with Crippen LogP contribution in [0.25, 0.3) is 0 Å². The Balaban J connectivity index is 1.49.